The number of nitrogens with zero attached hydrogens (tertiary/aromatic N) is 1. The van der Waals surface area contributed by atoms with Crippen LogP contribution in [0, 0.1) is 6.92 Å². The molecule has 1 amide bonds. The Hall–Kier alpha value is -3.24. The minimum absolute atomic E-state index is 0.0330. The standard InChI is InChI=1S/C21H21N3O5S2/c1-13-20(30-21(22-13)23-14(2)25)31(28,29)24-17-11-8-15(9-12-17)7-10-16-5-3-4-6-18(16)19(26)27/h3-6,8-9,11-12,24H,7,10H2,1-2H3,(H,26,27)(H,22,23,25). The van der Waals surface area contributed by atoms with Crippen LogP contribution in [0.1, 0.15) is 34.1 Å². The Morgan fingerprint density at radius 2 is 1.74 bits per heavy atom. The van der Waals surface area contributed by atoms with E-state index in [1.807, 2.05) is 0 Å². The third kappa shape index (κ3) is 5.68. The molecule has 1 aromatic heterocycles. The number of rotatable bonds is 8. The number of carboxylic acids is 1. The van der Waals surface area contributed by atoms with E-state index in [9.17, 15) is 23.1 Å². The van der Waals surface area contributed by atoms with E-state index >= 15 is 0 Å². The molecule has 0 fully saturated rings. The highest BCUT2D eigenvalue weighted by Crippen LogP contribution is 2.29. The first-order chi connectivity index (χ1) is 14.7. The van der Waals surface area contributed by atoms with Crippen LogP contribution in [-0.4, -0.2) is 30.4 Å². The van der Waals surface area contributed by atoms with Crippen LogP contribution in [0.3, 0.4) is 0 Å². The van der Waals surface area contributed by atoms with Crippen molar-refractivity contribution >= 4 is 44.1 Å². The molecule has 0 unspecified atom stereocenters. The Kier molecular flexibility index (Phi) is 6.71. The highest BCUT2D eigenvalue weighted by molar-refractivity contribution is 7.94. The quantitative estimate of drug-likeness (QED) is 0.472. The number of sulfonamides is 1. The first-order valence-corrected chi connectivity index (χ1v) is 11.6. The zero-order chi connectivity index (χ0) is 22.6. The van der Waals surface area contributed by atoms with E-state index < -0.39 is 16.0 Å². The maximum Gasteiger partial charge on any atom is 0.335 e. The number of hydrogen-bond acceptors (Lipinski definition) is 6. The number of aromatic carboxylic acids is 1. The maximum atomic E-state index is 12.7. The average molecular weight is 460 g/mol. The number of benzene rings is 2. The molecule has 0 spiro atoms. The number of nitrogens with one attached hydrogen (secondary N) is 2. The maximum absolute atomic E-state index is 12.7. The van der Waals surface area contributed by atoms with Crippen molar-refractivity contribution in [1.29, 1.82) is 0 Å². The number of hydrogen-bond donors (Lipinski definition) is 3. The molecular weight excluding hydrogens is 438 g/mol. The molecule has 2 aromatic carbocycles. The van der Waals surface area contributed by atoms with E-state index in [-0.39, 0.29) is 20.8 Å². The molecule has 0 aliphatic heterocycles. The molecule has 0 aliphatic rings. The van der Waals surface area contributed by atoms with Crippen molar-refractivity contribution in [3.05, 3.63) is 70.9 Å². The van der Waals surface area contributed by atoms with E-state index in [2.05, 4.69) is 15.0 Å². The summed E-state index contributed by atoms with van der Waals surface area (Å²) >= 11 is 0.885. The topological polar surface area (TPSA) is 125 Å². The van der Waals surface area contributed by atoms with Gasteiger partial charge in [-0.15, -0.1) is 0 Å². The van der Waals surface area contributed by atoms with Gasteiger partial charge in [0.15, 0.2) is 9.34 Å². The molecule has 162 valence electrons. The normalized spacial score (nSPS) is 11.2. The van der Waals surface area contributed by atoms with Gasteiger partial charge in [-0.2, -0.15) is 0 Å². The molecule has 3 N–H and O–H groups in total. The number of amides is 1. The summed E-state index contributed by atoms with van der Waals surface area (Å²) in [7, 11) is -3.85. The van der Waals surface area contributed by atoms with Crippen molar-refractivity contribution in [1.82, 2.24) is 4.98 Å². The van der Waals surface area contributed by atoms with Gasteiger partial charge >= 0.3 is 5.97 Å². The predicted molar refractivity (Wildman–Crippen MR) is 119 cm³/mol. The van der Waals surface area contributed by atoms with Crippen molar-refractivity contribution in [2.24, 2.45) is 0 Å². The van der Waals surface area contributed by atoms with E-state index in [0.29, 0.717) is 24.2 Å². The van der Waals surface area contributed by atoms with Crippen LogP contribution in [-0.2, 0) is 27.7 Å². The van der Waals surface area contributed by atoms with Crippen LogP contribution >= 0.6 is 11.3 Å². The van der Waals surface area contributed by atoms with Crippen molar-refractivity contribution in [2.75, 3.05) is 10.0 Å². The van der Waals surface area contributed by atoms with E-state index in [1.165, 1.54) is 6.92 Å². The minimum atomic E-state index is -3.85. The summed E-state index contributed by atoms with van der Waals surface area (Å²) in [5, 5.41) is 12.0. The third-order valence-electron chi connectivity index (χ3n) is 4.42. The lowest BCUT2D eigenvalue weighted by molar-refractivity contribution is -0.114. The number of aromatic nitrogens is 1. The molecule has 3 rings (SSSR count). The fraction of sp³-hybridized carbons (Fsp3) is 0.190. The zero-order valence-electron chi connectivity index (χ0n) is 16.9. The lowest BCUT2D eigenvalue weighted by atomic mass is 10.00. The Morgan fingerprint density at radius 1 is 1.06 bits per heavy atom. The summed E-state index contributed by atoms with van der Waals surface area (Å²) in [5.74, 6) is -1.28. The van der Waals surface area contributed by atoms with Gasteiger partial charge in [0.2, 0.25) is 5.91 Å². The molecule has 3 aromatic rings. The number of anilines is 2. The monoisotopic (exact) mass is 459 g/mol. The number of carboxylic acid groups (broad SMARTS) is 1. The van der Waals surface area contributed by atoms with E-state index in [0.717, 1.165) is 22.5 Å². The van der Waals surface area contributed by atoms with E-state index in [4.69, 9.17) is 0 Å². The summed E-state index contributed by atoms with van der Waals surface area (Å²) in [6, 6.07) is 13.8. The van der Waals surface area contributed by atoms with Gasteiger partial charge in [-0.25, -0.2) is 18.2 Å². The molecule has 1 heterocycles. The second-order valence-corrected chi connectivity index (χ2v) is 9.71. The van der Waals surface area contributed by atoms with Crippen LogP contribution in [0.4, 0.5) is 10.8 Å². The van der Waals surface area contributed by atoms with Gasteiger partial charge in [0.05, 0.1) is 11.3 Å². The largest absolute Gasteiger partial charge is 0.478 e. The molecule has 0 saturated heterocycles. The molecule has 0 radical (unpaired) electrons. The molecule has 8 nitrogen and oxygen atoms in total. The van der Waals surface area contributed by atoms with Crippen molar-refractivity contribution in [3.8, 4) is 0 Å². The van der Waals surface area contributed by atoms with Gasteiger partial charge in [-0.05, 0) is 49.1 Å². The highest BCUT2D eigenvalue weighted by Gasteiger charge is 2.22. The fourth-order valence-electron chi connectivity index (χ4n) is 3.00. The summed E-state index contributed by atoms with van der Waals surface area (Å²) in [4.78, 5) is 26.6. The van der Waals surface area contributed by atoms with Gasteiger partial charge in [0.25, 0.3) is 10.0 Å². The van der Waals surface area contributed by atoms with Gasteiger partial charge in [-0.1, -0.05) is 41.7 Å². The Balaban J connectivity index is 1.69. The van der Waals surface area contributed by atoms with Gasteiger partial charge in [0.1, 0.15) is 0 Å². The number of aryl methyl sites for hydroxylation is 3. The van der Waals surface area contributed by atoms with Gasteiger partial charge < -0.3 is 10.4 Å². The van der Waals surface area contributed by atoms with Crippen LogP contribution < -0.4 is 10.0 Å². The van der Waals surface area contributed by atoms with Crippen molar-refractivity contribution in [2.45, 2.75) is 30.9 Å². The van der Waals surface area contributed by atoms with Crippen LogP contribution in [0.2, 0.25) is 0 Å². The molecule has 0 atom stereocenters. The van der Waals surface area contributed by atoms with Crippen molar-refractivity contribution < 1.29 is 23.1 Å². The van der Waals surface area contributed by atoms with Crippen LogP contribution in [0.25, 0.3) is 0 Å². The third-order valence-corrected chi connectivity index (χ3v) is 7.48. The minimum Gasteiger partial charge on any atom is -0.478 e. The van der Waals surface area contributed by atoms with Crippen LogP contribution in [0.5, 0.6) is 0 Å². The summed E-state index contributed by atoms with van der Waals surface area (Å²) < 4.78 is 28.0. The molecule has 0 saturated carbocycles. The Labute approximate surface area is 184 Å². The molecule has 10 heteroatoms. The predicted octanol–water partition coefficient (Wildman–Crippen LogP) is 3.69. The van der Waals surface area contributed by atoms with Crippen molar-refractivity contribution in [3.63, 3.8) is 0 Å². The fourth-order valence-corrected chi connectivity index (χ4v) is 5.52. The zero-order valence-corrected chi connectivity index (χ0v) is 18.5. The molecule has 0 bridgehead atoms. The first kappa shape index (κ1) is 22.4. The lowest BCUT2D eigenvalue weighted by Crippen LogP contribution is -2.12. The Bertz CT molecular complexity index is 1220. The molecular formula is C21H21N3O5S2. The average Bonchev–Trinajstić information content (AvgIpc) is 3.07. The highest BCUT2D eigenvalue weighted by atomic mass is 32.2. The second kappa shape index (κ2) is 9.27. The van der Waals surface area contributed by atoms with Crippen LogP contribution in [0.15, 0.2) is 52.7 Å². The van der Waals surface area contributed by atoms with Gasteiger partial charge in [0, 0.05) is 12.6 Å². The molecule has 0 aliphatic carbocycles. The summed E-state index contributed by atoms with van der Waals surface area (Å²) in [6.07, 6.45) is 1.17. The number of thiazole rings is 1. The molecule has 31 heavy (non-hydrogen) atoms. The second-order valence-electron chi connectivity index (χ2n) is 6.84. The number of carbonyl (C=O) groups excluding carboxylic acids is 1. The SMILES string of the molecule is CC(=O)Nc1nc(C)c(S(=O)(=O)Nc2ccc(CCc3ccccc3C(=O)O)cc2)s1. The smallest absolute Gasteiger partial charge is 0.335 e. The Morgan fingerprint density at radius 3 is 2.39 bits per heavy atom. The van der Waals surface area contributed by atoms with E-state index in [1.54, 1.807) is 55.5 Å². The summed E-state index contributed by atoms with van der Waals surface area (Å²) in [5.41, 5.74) is 2.67. The van der Waals surface area contributed by atoms with Gasteiger partial charge in [-0.3, -0.25) is 9.52 Å². The summed E-state index contributed by atoms with van der Waals surface area (Å²) in [6.45, 7) is 2.89. The number of carbonyl (C=O) groups is 2. The first-order valence-electron chi connectivity index (χ1n) is 9.33. The lowest BCUT2D eigenvalue weighted by Gasteiger charge is -2.09.